The van der Waals surface area contributed by atoms with E-state index >= 15 is 0 Å². The Labute approximate surface area is 134 Å². The Morgan fingerprint density at radius 3 is 2.91 bits per heavy atom. The van der Waals surface area contributed by atoms with Gasteiger partial charge < -0.3 is 19.2 Å². The Kier molecular flexibility index (Phi) is 3.92. The van der Waals surface area contributed by atoms with Gasteiger partial charge in [-0.15, -0.1) is 0 Å². The molecule has 3 rings (SSSR count). The molecule has 0 aliphatic carbocycles. The van der Waals surface area contributed by atoms with E-state index in [0.717, 1.165) is 9.86 Å². The van der Waals surface area contributed by atoms with Gasteiger partial charge >= 0.3 is 5.97 Å². The number of aryl methyl sites for hydroxylation is 1. The van der Waals surface area contributed by atoms with Gasteiger partial charge in [0.05, 0.1) is 13.2 Å². The van der Waals surface area contributed by atoms with Crippen molar-refractivity contribution in [1.29, 1.82) is 0 Å². The monoisotopic (exact) mass is 367 g/mol. The lowest BCUT2D eigenvalue weighted by atomic mass is 10.1. The smallest absolute Gasteiger partial charge is 0.328 e. The third kappa shape index (κ3) is 2.50. The largest absolute Gasteiger partial charge is 0.480 e. The van der Waals surface area contributed by atoms with Crippen molar-refractivity contribution < 1.29 is 23.8 Å². The number of nitrogens with zero attached hydrogens (tertiary/aromatic N) is 1. The molecule has 1 amide bonds. The number of carboxylic acid groups (broad SMARTS) is 1. The average molecular weight is 368 g/mol. The molecule has 1 fully saturated rings. The standard InChI is InChI=1S/C15H14BrNO5/c1-8-10-6-9(16)2-3-12(10)22-13(8)14(18)17-4-5-21-7-11(17)15(19)20/h2-3,6,11H,4-5,7H2,1H3,(H,19,20). The number of carbonyl (C=O) groups excluding carboxylic acids is 1. The molecule has 1 aromatic carbocycles. The summed E-state index contributed by atoms with van der Waals surface area (Å²) in [6.07, 6.45) is 0. The first-order valence-corrected chi connectivity index (χ1v) is 7.58. The molecule has 0 bridgehead atoms. The molecule has 0 saturated carbocycles. The number of benzene rings is 1. The van der Waals surface area contributed by atoms with Gasteiger partial charge in [-0.1, -0.05) is 15.9 Å². The minimum absolute atomic E-state index is 0.00804. The van der Waals surface area contributed by atoms with Crippen LogP contribution in [0.1, 0.15) is 16.1 Å². The van der Waals surface area contributed by atoms with E-state index in [9.17, 15) is 14.7 Å². The SMILES string of the molecule is Cc1c(C(=O)N2CCOCC2C(=O)O)oc2ccc(Br)cc12. The molecule has 116 valence electrons. The summed E-state index contributed by atoms with van der Waals surface area (Å²) in [6, 6.07) is 4.49. The highest BCUT2D eigenvalue weighted by atomic mass is 79.9. The Morgan fingerprint density at radius 1 is 1.41 bits per heavy atom. The number of carbonyl (C=O) groups is 2. The summed E-state index contributed by atoms with van der Waals surface area (Å²) in [5.74, 6) is -1.31. The van der Waals surface area contributed by atoms with Crippen molar-refractivity contribution in [3.63, 3.8) is 0 Å². The van der Waals surface area contributed by atoms with Crippen molar-refractivity contribution in [1.82, 2.24) is 4.90 Å². The number of halogens is 1. The Balaban J connectivity index is 2.01. The quantitative estimate of drug-likeness (QED) is 0.881. The third-order valence-corrected chi connectivity index (χ3v) is 4.26. The van der Waals surface area contributed by atoms with Gasteiger partial charge in [-0.3, -0.25) is 4.79 Å². The van der Waals surface area contributed by atoms with Crippen LogP contribution in [0.3, 0.4) is 0 Å². The molecule has 1 N–H and O–H groups in total. The van der Waals surface area contributed by atoms with Crippen molar-refractivity contribution in [2.24, 2.45) is 0 Å². The first-order valence-electron chi connectivity index (χ1n) is 6.79. The summed E-state index contributed by atoms with van der Waals surface area (Å²) < 4.78 is 11.7. The van der Waals surface area contributed by atoms with E-state index in [1.54, 1.807) is 13.0 Å². The molecule has 1 atom stereocenters. The predicted molar refractivity (Wildman–Crippen MR) is 81.9 cm³/mol. The lowest BCUT2D eigenvalue weighted by Crippen LogP contribution is -2.52. The van der Waals surface area contributed by atoms with Crippen LogP contribution in [0.2, 0.25) is 0 Å². The number of ether oxygens (including phenoxy) is 1. The van der Waals surface area contributed by atoms with Gasteiger partial charge in [-0.05, 0) is 25.1 Å². The zero-order chi connectivity index (χ0) is 15.9. The van der Waals surface area contributed by atoms with Crippen molar-refractivity contribution in [2.75, 3.05) is 19.8 Å². The summed E-state index contributed by atoms with van der Waals surface area (Å²) in [4.78, 5) is 25.3. The molecule has 0 radical (unpaired) electrons. The Hall–Kier alpha value is -1.86. The minimum atomic E-state index is -1.08. The van der Waals surface area contributed by atoms with Crippen molar-refractivity contribution >= 4 is 38.8 Å². The van der Waals surface area contributed by atoms with Crippen LogP contribution < -0.4 is 0 Å². The number of amides is 1. The molecule has 1 unspecified atom stereocenters. The molecule has 1 saturated heterocycles. The fourth-order valence-electron chi connectivity index (χ4n) is 2.58. The number of morpholine rings is 1. The topological polar surface area (TPSA) is 80.0 Å². The van der Waals surface area contributed by atoms with Crippen LogP contribution in [-0.4, -0.2) is 47.7 Å². The molecule has 1 aliphatic rings. The van der Waals surface area contributed by atoms with Crippen molar-refractivity contribution in [3.8, 4) is 0 Å². The summed E-state index contributed by atoms with van der Waals surface area (Å²) in [5.41, 5.74) is 1.31. The number of rotatable bonds is 2. The second-order valence-electron chi connectivity index (χ2n) is 5.12. The molecular weight excluding hydrogens is 354 g/mol. The van der Waals surface area contributed by atoms with Gasteiger partial charge in [0.2, 0.25) is 0 Å². The van der Waals surface area contributed by atoms with E-state index in [4.69, 9.17) is 9.15 Å². The van der Waals surface area contributed by atoms with Crippen LogP contribution in [0.15, 0.2) is 27.1 Å². The maximum Gasteiger partial charge on any atom is 0.328 e. The van der Waals surface area contributed by atoms with E-state index in [-0.39, 0.29) is 18.9 Å². The minimum Gasteiger partial charge on any atom is -0.480 e. The van der Waals surface area contributed by atoms with Crippen LogP contribution in [0.4, 0.5) is 0 Å². The number of aliphatic carboxylic acids is 1. The first-order chi connectivity index (χ1) is 10.5. The number of hydrogen-bond acceptors (Lipinski definition) is 4. The summed E-state index contributed by atoms with van der Waals surface area (Å²) in [7, 11) is 0. The molecule has 0 spiro atoms. The zero-order valence-corrected chi connectivity index (χ0v) is 13.4. The molecule has 6 nitrogen and oxygen atoms in total. The Bertz CT molecular complexity index is 754. The fourth-order valence-corrected chi connectivity index (χ4v) is 2.94. The van der Waals surface area contributed by atoms with Crippen LogP contribution >= 0.6 is 15.9 Å². The van der Waals surface area contributed by atoms with Crippen LogP contribution in [0.25, 0.3) is 11.0 Å². The highest BCUT2D eigenvalue weighted by molar-refractivity contribution is 9.10. The van der Waals surface area contributed by atoms with Crippen LogP contribution in [0, 0.1) is 6.92 Å². The fraction of sp³-hybridized carbons (Fsp3) is 0.333. The maximum absolute atomic E-state index is 12.7. The van der Waals surface area contributed by atoms with Crippen LogP contribution in [0.5, 0.6) is 0 Å². The van der Waals surface area contributed by atoms with Gasteiger partial charge in [0.1, 0.15) is 5.58 Å². The predicted octanol–water partition coefficient (Wildman–Crippen LogP) is 2.43. The second kappa shape index (κ2) is 5.73. The molecule has 7 heteroatoms. The van der Waals surface area contributed by atoms with E-state index in [2.05, 4.69) is 15.9 Å². The highest BCUT2D eigenvalue weighted by Crippen LogP contribution is 2.29. The van der Waals surface area contributed by atoms with Gasteiger partial charge in [-0.25, -0.2) is 4.79 Å². The van der Waals surface area contributed by atoms with Gasteiger partial charge in [0.15, 0.2) is 11.8 Å². The van der Waals surface area contributed by atoms with E-state index < -0.39 is 17.9 Å². The summed E-state index contributed by atoms with van der Waals surface area (Å²) in [6.45, 7) is 2.34. The summed E-state index contributed by atoms with van der Waals surface area (Å²) >= 11 is 3.39. The zero-order valence-electron chi connectivity index (χ0n) is 11.8. The van der Waals surface area contributed by atoms with Gasteiger partial charge in [0, 0.05) is 22.0 Å². The second-order valence-corrected chi connectivity index (χ2v) is 6.04. The molecule has 1 aliphatic heterocycles. The van der Waals surface area contributed by atoms with Crippen molar-refractivity contribution in [3.05, 3.63) is 34.0 Å². The van der Waals surface area contributed by atoms with Crippen molar-refractivity contribution in [2.45, 2.75) is 13.0 Å². The van der Waals surface area contributed by atoms with Gasteiger partial charge in [0.25, 0.3) is 5.91 Å². The third-order valence-electron chi connectivity index (χ3n) is 3.77. The first kappa shape index (κ1) is 15.1. The molecule has 2 aromatic rings. The number of furan rings is 1. The van der Waals surface area contributed by atoms with E-state index in [0.29, 0.717) is 17.8 Å². The number of hydrogen-bond donors (Lipinski definition) is 1. The van der Waals surface area contributed by atoms with Crippen LogP contribution in [-0.2, 0) is 9.53 Å². The lowest BCUT2D eigenvalue weighted by molar-refractivity contribution is -0.147. The van der Waals surface area contributed by atoms with Gasteiger partial charge in [-0.2, -0.15) is 0 Å². The highest BCUT2D eigenvalue weighted by Gasteiger charge is 2.35. The molecule has 22 heavy (non-hydrogen) atoms. The molecule has 2 heterocycles. The normalized spacial score (nSPS) is 18.6. The number of carboxylic acids is 1. The molecule has 1 aromatic heterocycles. The summed E-state index contributed by atoms with van der Waals surface area (Å²) in [5, 5.41) is 10.1. The lowest BCUT2D eigenvalue weighted by Gasteiger charge is -2.32. The average Bonchev–Trinajstić information content (AvgIpc) is 2.83. The van der Waals surface area contributed by atoms with E-state index in [1.165, 1.54) is 4.90 Å². The molecular formula is C15H14BrNO5. The maximum atomic E-state index is 12.7. The Morgan fingerprint density at radius 2 is 2.18 bits per heavy atom. The van der Waals surface area contributed by atoms with E-state index in [1.807, 2.05) is 12.1 Å². The number of fused-ring (bicyclic) bond motifs is 1.